The number of hydrogen-bond acceptors (Lipinski definition) is 6. The van der Waals surface area contributed by atoms with Crippen LogP contribution in [0.4, 0.5) is 10.1 Å². The molecular formula is C27H32ClFN4O3S. The average molecular weight is 547 g/mol. The molecule has 2 aromatic rings. The number of hydrogen-bond donors (Lipinski definition) is 1. The molecule has 1 N–H and O–H groups in total. The molecule has 2 unspecified atom stereocenters. The van der Waals surface area contributed by atoms with E-state index in [1.54, 1.807) is 22.5 Å². The Kier molecular flexibility index (Phi) is 7.00. The van der Waals surface area contributed by atoms with Crippen LogP contribution in [0.15, 0.2) is 52.8 Å². The molecule has 198 valence electrons. The zero-order chi connectivity index (χ0) is 26.5. The fourth-order valence-electron chi connectivity index (χ4n) is 5.46. The molecule has 0 bridgehead atoms. The molecule has 0 amide bonds. The molecule has 5 rings (SSSR count). The maximum atomic E-state index is 15.3. The van der Waals surface area contributed by atoms with E-state index in [4.69, 9.17) is 21.1 Å². The Balaban J connectivity index is 1.64. The van der Waals surface area contributed by atoms with Crippen molar-refractivity contribution in [2.24, 2.45) is 5.10 Å². The van der Waals surface area contributed by atoms with E-state index in [-0.39, 0.29) is 30.4 Å². The second-order valence-electron chi connectivity index (χ2n) is 9.89. The molecule has 2 aromatic carbocycles. The molecule has 0 aliphatic carbocycles. The zero-order valence-electron chi connectivity index (χ0n) is 21.3. The van der Waals surface area contributed by atoms with Crippen molar-refractivity contribution < 1.29 is 18.1 Å². The molecular weight excluding hydrogens is 515 g/mol. The summed E-state index contributed by atoms with van der Waals surface area (Å²) in [7, 11) is -3.06. The van der Waals surface area contributed by atoms with Crippen molar-refractivity contribution in [3.8, 4) is 0 Å². The summed E-state index contributed by atoms with van der Waals surface area (Å²) in [6, 6.07) is 7.83. The molecule has 1 saturated heterocycles. The molecule has 4 atom stereocenters. The first-order chi connectivity index (χ1) is 17.6. The summed E-state index contributed by atoms with van der Waals surface area (Å²) in [6.07, 6.45) is 1.99. The van der Waals surface area contributed by atoms with Gasteiger partial charge in [-0.25, -0.2) is 14.0 Å². The van der Waals surface area contributed by atoms with Crippen molar-refractivity contribution in [1.29, 1.82) is 0 Å². The van der Waals surface area contributed by atoms with Crippen molar-refractivity contribution >= 4 is 38.8 Å². The third kappa shape index (κ3) is 4.74. The van der Waals surface area contributed by atoms with Crippen LogP contribution in [-0.2, 0) is 19.2 Å². The number of rotatable bonds is 6. The second-order valence-corrected chi connectivity index (χ2v) is 12.5. The second kappa shape index (κ2) is 9.94. The number of nitrogens with zero attached hydrogens (tertiary/aromatic N) is 3. The van der Waals surface area contributed by atoms with Crippen molar-refractivity contribution in [1.82, 2.24) is 9.73 Å². The summed E-state index contributed by atoms with van der Waals surface area (Å²) in [5, 5.41) is 4.90. The Morgan fingerprint density at radius 1 is 1.32 bits per heavy atom. The maximum absolute atomic E-state index is 15.3. The van der Waals surface area contributed by atoms with Gasteiger partial charge in [-0.2, -0.15) is 4.31 Å². The van der Waals surface area contributed by atoms with Crippen LogP contribution in [0.2, 0.25) is 5.02 Å². The van der Waals surface area contributed by atoms with Gasteiger partial charge in [-0.15, -0.1) is 5.10 Å². The van der Waals surface area contributed by atoms with Crippen LogP contribution in [0.3, 0.4) is 0 Å². The van der Waals surface area contributed by atoms with Gasteiger partial charge in [-0.05, 0) is 80.1 Å². The summed E-state index contributed by atoms with van der Waals surface area (Å²) >= 11 is 6.37. The van der Waals surface area contributed by atoms with E-state index >= 15 is 4.39 Å². The van der Waals surface area contributed by atoms with Crippen molar-refractivity contribution in [2.45, 2.75) is 56.6 Å². The summed E-state index contributed by atoms with van der Waals surface area (Å²) in [4.78, 5) is 2.67. The van der Waals surface area contributed by atoms with Gasteiger partial charge >= 0.3 is 0 Å². The van der Waals surface area contributed by atoms with Gasteiger partial charge in [0.1, 0.15) is 11.9 Å². The highest BCUT2D eigenvalue weighted by Gasteiger charge is 2.44. The summed E-state index contributed by atoms with van der Waals surface area (Å²) in [5.41, 5.74) is 5.83. The number of ether oxygens (including phenoxy) is 2. The number of aryl methyl sites for hydroxylation is 1. The van der Waals surface area contributed by atoms with Crippen LogP contribution in [0.25, 0.3) is 0 Å². The monoisotopic (exact) mass is 546 g/mol. The quantitative estimate of drug-likeness (QED) is 0.521. The van der Waals surface area contributed by atoms with E-state index in [0.717, 1.165) is 36.3 Å². The highest BCUT2D eigenvalue weighted by atomic mass is 35.5. The average Bonchev–Trinajstić information content (AvgIpc) is 3.51. The fraction of sp³-hybridized carbons (Fsp3) is 0.407. The molecule has 3 aliphatic rings. The minimum atomic E-state index is -3.06. The van der Waals surface area contributed by atoms with Gasteiger partial charge in [0.15, 0.2) is 0 Å². The largest absolute Gasteiger partial charge is 0.422 e. The summed E-state index contributed by atoms with van der Waals surface area (Å²) in [5.74, 6) is 3.91. The topological polar surface area (TPSA) is 66.4 Å². The van der Waals surface area contributed by atoms with Gasteiger partial charge in [-0.1, -0.05) is 24.6 Å². The van der Waals surface area contributed by atoms with Gasteiger partial charge in [-0.3, -0.25) is 0 Å². The Hall–Kier alpha value is -2.59. The Morgan fingerprint density at radius 3 is 2.78 bits per heavy atom. The normalized spacial score (nSPS) is 25.3. The molecule has 3 heterocycles. The lowest BCUT2D eigenvalue weighted by Crippen LogP contribution is -2.56. The molecule has 7 nitrogen and oxygen atoms in total. The molecule has 0 spiro atoms. The highest BCUT2D eigenvalue weighted by Crippen LogP contribution is 2.41. The molecule has 37 heavy (non-hydrogen) atoms. The predicted octanol–water partition coefficient (Wildman–Crippen LogP) is 4.92. The molecule has 1 fully saturated rings. The van der Waals surface area contributed by atoms with Gasteiger partial charge in [0.2, 0.25) is 11.8 Å². The lowest BCUT2D eigenvalue weighted by molar-refractivity contribution is 0.113. The van der Waals surface area contributed by atoms with E-state index in [9.17, 15) is 4.21 Å². The van der Waals surface area contributed by atoms with E-state index < -0.39 is 21.7 Å². The minimum Gasteiger partial charge on any atom is -0.422 e. The summed E-state index contributed by atoms with van der Waals surface area (Å²) < 4.78 is 43.5. The van der Waals surface area contributed by atoms with Gasteiger partial charge < -0.3 is 14.4 Å². The van der Waals surface area contributed by atoms with Crippen molar-refractivity contribution in [2.75, 3.05) is 24.7 Å². The number of halogens is 2. The van der Waals surface area contributed by atoms with Crippen LogP contribution in [-0.4, -0.2) is 52.2 Å². The molecule has 3 aliphatic heterocycles. The first-order valence-electron chi connectivity index (χ1n) is 12.3. The Labute approximate surface area is 223 Å². The van der Waals surface area contributed by atoms with Gasteiger partial charge in [0, 0.05) is 24.1 Å². The first-order valence-corrected chi connectivity index (χ1v) is 14.4. The molecule has 0 aromatic heterocycles. The number of hydrazone groups is 1. The highest BCUT2D eigenvalue weighted by molar-refractivity contribution is 7.98. The van der Waals surface area contributed by atoms with Crippen molar-refractivity contribution in [3.05, 3.63) is 70.3 Å². The van der Waals surface area contributed by atoms with E-state index in [1.807, 2.05) is 26.8 Å². The smallest absolute Gasteiger partial charge is 0.233 e. The van der Waals surface area contributed by atoms with Crippen LogP contribution in [0.5, 0.6) is 0 Å². The zero-order valence-corrected chi connectivity index (χ0v) is 22.9. The van der Waals surface area contributed by atoms with Crippen LogP contribution in [0, 0.1) is 19.7 Å². The predicted molar refractivity (Wildman–Crippen MR) is 147 cm³/mol. The lowest BCUT2D eigenvalue weighted by Gasteiger charge is -2.45. The fourth-order valence-corrected chi connectivity index (χ4v) is 7.64. The summed E-state index contributed by atoms with van der Waals surface area (Å²) in [6.45, 7) is 11.1. The number of fused-ring (bicyclic) bond motifs is 1. The standard InChI is InChI=1S/C27H32ClFN4O3S/c1-16-8-10-22(29)25(17(16)2)18(3)26(27-31-30-19(4)36-27)33-15-32(14-21-7-6-12-35-21)23-13-20(28)9-11-24(23)37(33,5)34/h8-11,13,18,21,26,30H,4-7,12,14-15H2,1-3H3/t18?,21-,26-,37?/m0/s1. The molecule has 0 saturated carbocycles. The SMILES string of the molecule is C=C1NN=C([C@H](C(C)c2c(F)ccc(C)c2C)N2CN(C[C@@H]3CCCO3)c3cc(Cl)ccc3S2(=C)=O)O1. The Bertz CT molecular complexity index is 1370. The maximum Gasteiger partial charge on any atom is 0.233 e. The van der Waals surface area contributed by atoms with Crippen molar-refractivity contribution in [3.63, 3.8) is 0 Å². The Morgan fingerprint density at radius 2 is 2.11 bits per heavy atom. The van der Waals surface area contributed by atoms with Crippen LogP contribution < -0.4 is 10.3 Å². The number of nitrogens with one attached hydrogen (secondary N) is 1. The van der Waals surface area contributed by atoms with Crippen LogP contribution >= 0.6 is 11.6 Å². The van der Waals surface area contributed by atoms with E-state index in [1.165, 1.54) is 6.07 Å². The molecule has 0 radical (unpaired) electrons. The van der Waals surface area contributed by atoms with Gasteiger partial charge in [0.25, 0.3) is 0 Å². The first kappa shape index (κ1) is 26.0. The number of benzene rings is 2. The van der Waals surface area contributed by atoms with Gasteiger partial charge in [0.05, 0.1) is 33.1 Å². The number of anilines is 1. The van der Waals surface area contributed by atoms with E-state index in [0.29, 0.717) is 22.0 Å². The van der Waals surface area contributed by atoms with E-state index in [2.05, 4.69) is 27.9 Å². The molecule has 10 heteroatoms. The van der Waals surface area contributed by atoms with Crippen LogP contribution in [0.1, 0.15) is 42.4 Å². The third-order valence-electron chi connectivity index (χ3n) is 7.49. The minimum absolute atomic E-state index is 0.0431. The lowest BCUT2D eigenvalue weighted by atomic mass is 9.87. The third-order valence-corrected chi connectivity index (χ3v) is 9.85.